The van der Waals surface area contributed by atoms with Gasteiger partial charge in [0.25, 0.3) is 0 Å². The fourth-order valence-corrected chi connectivity index (χ4v) is 3.18. The first-order chi connectivity index (χ1) is 9.20. The summed E-state index contributed by atoms with van der Waals surface area (Å²) in [5.74, 6) is 0.229. The molecule has 1 saturated heterocycles. The summed E-state index contributed by atoms with van der Waals surface area (Å²) in [5, 5.41) is 4.34. The van der Waals surface area contributed by atoms with Crippen LogP contribution in [0.1, 0.15) is 30.1 Å². The van der Waals surface area contributed by atoms with Crippen LogP contribution in [0.4, 0.5) is 0 Å². The average Bonchev–Trinajstić information content (AvgIpc) is 3.05. The smallest absolute Gasteiger partial charge is 0.181 e. The summed E-state index contributed by atoms with van der Waals surface area (Å²) < 4.78 is 3.16. The van der Waals surface area contributed by atoms with Crippen molar-refractivity contribution < 1.29 is 4.79 Å². The molecular formula is C15H17BrN2O. The molecule has 1 aliphatic heterocycles. The number of aryl methyl sites for hydroxylation is 1. The normalized spacial score (nSPS) is 19.2. The van der Waals surface area contributed by atoms with Gasteiger partial charge in [0.1, 0.15) is 0 Å². The largest absolute Gasteiger partial charge is 0.347 e. The van der Waals surface area contributed by atoms with Crippen molar-refractivity contribution in [1.82, 2.24) is 9.88 Å². The summed E-state index contributed by atoms with van der Waals surface area (Å²) >= 11 is 3.49. The molecule has 1 atom stereocenters. The predicted molar refractivity (Wildman–Crippen MR) is 80.7 cm³/mol. The number of nitrogens with one attached hydrogen (secondary N) is 1. The van der Waals surface area contributed by atoms with E-state index in [1.54, 1.807) is 0 Å². The Kier molecular flexibility index (Phi) is 3.46. The first-order valence-electron chi connectivity index (χ1n) is 6.76. The topological polar surface area (TPSA) is 34.0 Å². The quantitative estimate of drug-likeness (QED) is 0.880. The molecule has 1 fully saturated rings. The maximum absolute atomic E-state index is 12.6. The minimum absolute atomic E-state index is 0.00473. The number of ketones is 1. The van der Waals surface area contributed by atoms with Crippen molar-refractivity contribution in [2.45, 2.75) is 32.4 Å². The number of benzene rings is 1. The summed E-state index contributed by atoms with van der Waals surface area (Å²) in [7, 11) is 0. The number of halogens is 1. The lowest BCUT2D eigenvalue weighted by Crippen LogP contribution is -2.30. The molecule has 0 spiro atoms. The van der Waals surface area contributed by atoms with Crippen LogP contribution in [0.15, 0.2) is 28.9 Å². The Morgan fingerprint density at radius 3 is 3.05 bits per heavy atom. The summed E-state index contributed by atoms with van der Waals surface area (Å²) in [6.07, 6.45) is 4.04. The molecule has 2 aromatic rings. The van der Waals surface area contributed by atoms with Crippen molar-refractivity contribution in [2.24, 2.45) is 0 Å². The molecule has 0 amide bonds. The minimum Gasteiger partial charge on any atom is -0.347 e. The monoisotopic (exact) mass is 320 g/mol. The van der Waals surface area contributed by atoms with Crippen LogP contribution in [0, 0.1) is 0 Å². The molecule has 0 bridgehead atoms. The molecule has 100 valence electrons. The maximum atomic E-state index is 12.6. The predicted octanol–water partition coefficient (Wildman–Crippen LogP) is 3.36. The Morgan fingerprint density at radius 1 is 1.53 bits per heavy atom. The molecule has 1 aromatic heterocycles. The van der Waals surface area contributed by atoms with Crippen LogP contribution >= 0.6 is 15.9 Å². The van der Waals surface area contributed by atoms with Gasteiger partial charge < -0.3 is 9.88 Å². The number of hydrogen-bond acceptors (Lipinski definition) is 2. The third kappa shape index (κ3) is 2.23. The molecule has 19 heavy (non-hydrogen) atoms. The molecule has 1 aliphatic rings. The molecule has 2 heterocycles. The highest BCUT2D eigenvalue weighted by Crippen LogP contribution is 2.27. The van der Waals surface area contributed by atoms with Gasteiger partial charge in [-0.3, -0.25) is 4.79 Å². The molecule has 0 aliphatic carbocycles. The fourth-order valence-electron chi connectivity index (χ4n) is 2.82. The van der Waals surface area contributed by atoms with E-state index in [9.17, 15) is 4.79 Å². The third-order valence-electron chi connectivity index (χ3n) is 3.83. The van der Waals surface area contributed by atoms with Gasteiger partial charge in [-0.1, -0.05) is 15.9 Å². The van der Waals surface area contributed by atoms with Crippen molar-refractivity contribution in [3.8, 4) is 0 Å². The summed E-state index contributed by atoms with van der Waals surface area (Å²) in [5.41, 5.74) is 1.98. The Balaban J connectivity index is 2.11. The van der Waals surface area contributed by atoms with Crippen molar-refractivity contribution in [1.29, 1.82) is 0 Å². The van der Waals surface area contributed by atoms with Gasteiger partial charge in [-0.25, -0.2) is 0 Å². The molecule has 3 rings (SSSR count). The van der Waals surface area contributed by atoms with E-state index in [-0.39, 0.29) is 11.8 Å². The van der Waals surface area contributed by atoms with Crippen LogP contribution < -0.4 is 5.32 Å². The zero-order chi connectivity index (χ0) is 13.4. The van der Waals surface area contributed by atoms with Gasteiger partial charge in [-0.05, 0) is 44.5 Å². The van der Waals surface area contributed by atoms with Crippen LogP contribution in [0.2, 0.25) is 0 Å². The molecule has 1 N–H and O–H groups in total. The van der Waals surface area contributed by atoms with Gasteiger partial charge in [0, 0.05) is 33.7 Å². The molecule has 0 unspecified atom stereocenters. The summed E-state index contributed by atoms with van der Waals surface area (Å²) in [6.45, 7) is 3.93. The fraction of sp³-hybridized carbons (Fsp3) is 0.400. The minimum atomic E-state index is -0.00473. The van der Waals surface area contributed by atoms with Crippen molar-refractivity contribution in [2.75, 3.05) is 6.54 Å². The zero-order valence-corrected chi connectivity index (χ0v) is 12.5. The van der Waals surface area contributed by atoms with Crippen LogP contribution in [-0.4, -0.2) is 22.9 Å². The zero-order valence-electron chi connectivity index (χ0n) is 10.9. The van der Waals surface area contributed by atoms with E-state index in [1.165, 1.54) is 0 Å². The number of nitrogens with zero attached hydrogens (tertiary/aromatic N) is 1. The van der Waals surface area contributed by atoms with E-state index in [0.29, 0.717) is 0 Å². The van der Waals surface area contributed by atoms with Gasteiger partial charge in [0.05, 0.1) is 6.04 Å². The van der Waals surface area contributed by atoms with Gasteiger partial charge in [0.15, 0.2) is 5.78 Å². The van der Waals surface area contributed by atoms with Gasteiger partial charge in [-0.15, -0.1) is 0 Å². The molecule has 0 radical (unpaired) electrons. The average molecular weight is 321 g/mol. The number of fused-ring (bicyclic) bond motifs is 1. The van der Waals surface area contributed by atoms with Crippen molar-refractivity contribution >= 4 is 32.6 Å². The number of rotatable bonds is 3. The Labute approximate surface area is 121 Å². The summed E-state index contributed by atoms with van der Waals surface area (Å²) in [6, 6.07) is 6.14. The van der Waals surface area contributed by atoms with Crippen LogP contribution in [0.3, 0.4) is 0 Å². The van der Waals surface area contributed by atoms with Crippen LogP contribution in [0.5, 0.6) is 0 Å². The Hall–Kier alpha value is -1.13. The molecule has 4 heteroatoms. The van der Waals surface area contributed by atoms with Crippen molar-refractivity contribution in [3.05, 3.63) is 34.4 Å². The Morgan fingerprint density at radius 2 is 2.37 bits per heavy atom. The molecular weight excluding hydrogens is 304 g/mol. The number of hydrogen-bond donors (Lipinski definition) is 1. The number of Topliss-reactive ketones (excluding diaryl/α,β-unsaturated/α-hetero) is 1. The highest BCUT2D eigenvalue weighted by Gasteiger charge is 2.26. The lowest BCUT2D eigenvalue weighted by Gasteiger charge is -2.07. The van der Waals surface area contributed by atoms with E-state index < -0.39 is 0 Å². The molecule has 0 saturated carbocycles. The lowest BCUT2D eigenvalue weighted by molar-refractivity contribution is 0.0954. The van der Waals surface area contributed by atoms with Gasteiger partial charge in [-0.2, -0.15) is 0 Å². The molecule has 3 nitrogen and oxygen atoms in total. The highest BCUT2D eigenvalue weighted by atomic mass is 79.9. The second-order valence-corrected chi connectivity index (χ2v) is 5.92. The van der Waals surface area contributed by atoms with E-state index >= 15 is 0 Å². The molecule has 1 aromatic carbocycles. The van der Waals surface area contributed by atoms with E-state index in [2.05, 4.69) is 38.8 Å². The Bertz CT molecular complexity index is 626. The number of carbonyl (C=O) groups excluding carboxylic acids is 1. The van der Waals surface area contributed by atoms with Gasteiger partial charge >= 0.3 is 0 Å². The lowest BCUT2D eigenvalue weighted by atomic mass is 10.0. The van der Waals surface area contributed by atoms with Crippen molar-refractivity contribution in [3.63, 3.8) is 0 Å². The first-order valence-corrected chi connectivity index (χ1v) is 7.56. The number of carbonyl (C=O) groups is 1. The highest BCUT2D eigenvalue weighted by molar-refractivity contribution is 9.10. The second kappa shape index (κ2) is 5.10. The van der Waals surface area contributed by atoms with Crippen LogP contribution in [0.25, 0.3) is 10.9 Å². The van der Waals surface area contributed by atoms with E-state index in [4.69, 9.17) is 0 Å². The van der Waals surface area contributed by atoms with E-state index in [1.807, 2.05) is 18.3 Å². The van der Waals surface area contributed by atoms with Crippen LogP contribution in [-0.2, 0) is 6.54 Å². The summed E-state index contributed by atoms with van der Waals surface area (Å²) in [4.78, 5) is 12.6. The second-order valence-electron chi connectivity index (χ2n) is 5.00. The van der Waals surface area contributed by atoms with Gasteiger partial charge in [0.2, 0.25) is 0 Å². The number of aromatic nitrogens is 1. The SMILES string of the molecule is CCn1cc(C(=O)[C@H]2CCCN2)c2cc(Br)ccc21. The third-order valence-corrected chi connectivity index (χ3v) is 4.32. The van der Waals surface area contributed by atoms with E-state index in [0.717, 1.165) is 46.9 Å². The maximum Gasteiger partial charge on any atom is 0.181 e. The first kappa shape index (κ1) is 12.9. The standard InChI is InChI=1S/C15H17BrN2O/c1-2-18-9-12(15(19)13-4-3-7-17-13)11-8-10(16)5-6-14(11)18/h5-6,8-9,13,17H,2-4,7H2,1H3/t13-/m1/s1.